The van der Waals surface area contributed by atoms with Gasteiger partial charge in [-0.1, -0.05) is 30.3 Å². The van der Waals surface area contributed by atoms with E-state index >= 15 is 0 Å². The van der Waals surface area contributed by atoms with Gasteiger partial charge in [0.25, 0.3) is 0 Å². The Labute approximate surface area is 125 Å². The summed E-state index contributed by atoms with van der Waals surface area (Å²) in [6, 6.07) is 14.5. The van der Waals surface area contributed by atoms with Gasteiger partial charge in [-0.25, -0.2) is 0 Å². The molecule has 0 aromatic heterocycles. The third-order valence-electron chi connectivity index (χ3n) is 4.15. The first kappa shape index (κ1) is 13.7. The van der Waals surface area contributed by atoms with E-state index in [1.165, 1.54) is 16.7 Å². The fourth-order valence-electron chi connectivity index (χ4n) is 2.85. The Morgan fingerprint density at radius 3 is 2.71 bits per heavy atom. The monoisotopic (exact) mass is 280 g/mol. The third kappa shape index (κ3) is 2.51. The van der Waals surface area contributed by atoms with Gasteiger partial charge in [0.05, 0.1) is 12.5 Å². The number of para-hydroxylation sites is 1. The van der Waals surface area contributed by atoms with Crippen LogP contribution in [-0.4, -0.2) is 13.0 Å². The second-order valence-corrected chi connectivity index (χ2v) is 5.73. The van der Waals surface area contributed by atoms with Gasteiger partial charge in [0, 0.05) is 18.4 Å². The van der Waals surface area contributed by atoms with Gasteiger partial charge >= 0.3 is 0 Å². The lowest BCUT2D eigenvalue weighted by Gasteiger charge is -2.33. The molecule has 0 bridgehead atoms. The number of nitrogens with zero attached hydrogens (tertiary/aromatic N) is 1. The molecule has 1 aliphatic heterocycles. The number of carbonyl (C=O) groups excluding carboxylic acids is 1. The van der Waals surface area contributed by atoms with Crippen LogP contribution in [0.15, 0.2) is 42.5 Å². The van der Waals surface area contributed by atoms with Crippen LogP contribution in [0.2, 0.25) is 0 Å². The van der Waals surface area contributed by atoms with Crippen molar-refractivity contribution in [1.82, 2.24) is 0 Å². The van der Waals surface area contributed by atoms with Crippen LogP contribution in [0.4, 0.5) is 11.4 Å². The van der Waals surface area contributed by atoms with Crippen LogP contribution >= 0.6 is 0 Å². The van der Waals surface area contributed by atoms with E-state index in [4.69, 9.17) is 0 Å². The normalized spacial score (nSPS) is 17.6. The van der Waals surface area contributed by atoms with Crippen LogP contribution in [0.3, 0.4) is 0 Å². The fourth-order valence-corrected chi connectivity index (χ4v) is 2.85. The molecule has 0 radical (unpaired) electrons. The van der Waals surface area contributed by atoms with Gasteiger partial charge in [-0.15, -0.1) is 0 Å². The van der Waals surface area contributed by atoms with Crippen molar-refractivity contribution >= 4 is 17.3 Å². The second kappa shape index (κ2) is 5.24. The molecule has 2 aromatic rings. The lowest BCUT2D eigenvalue weighted by Crippen LogP contribution is -2.35. The van der Waals surface area contributed by atoms with Crippen LogP contribution in [0.5, 0.6) is 0 Å². The minimum absolute atomic E-state index is 0.0328. The number of hydrogen-bond donors (Lipinski definition) is 1. The van der Waals surface area contributed by atoms with E-state index in [9.17, 15) is 4.79 Å². The first-order valence-electron chi connectivity index (χ1n) is 7.25. The Hall–Kier alpha value is -2.29. The molecule has 1 heterocycles. The van der Waals surface area contributed by atoms with E-state index < -0.39 is 0 Å². The third-order valence-corrected chi connectivity index (χ3v) is 4.15. The molecule has 1 atom stereocenters. The molecule has 0 fully saturated rings. The first-order valence-corrected chi connectivity index (χ1v) is 7.25. The van der Waals surface area contributed by atoms with Gasteiger partial charge in [-0.05, 0) is 42.7 Å². The van der Waals surface area contributed by atoms with E-state index in [0.717, 1.165) is 11.4 Å². The maximum absolute atomic E-state index is 12.2. The molecule has 21 heavy (non-hydrogen) atoms. The lowest BCUT2D eigenvalue weighted by atomic mass is 9.95. The zero-order valence-electron chi connectivity index (χ0n) is 12.7. The van der Waals surface area contributed by atoms with Gasteiger partial charge in [-0.2, -0.15) is 0 Å². The van der Waals surface area contributed by atoms with Crippen molar-refractivity contribution in [2.75, 3.05) is 17.3 Å². The summed E-state index contributed by atoms with van der Waals surface area (Å²) in [5, 5.41) is 3.55. The molecule has 0 aliphatic carbocycles. The maximum Gasteiger partial charge on any atom is 0.229 e. The Kier molecular flexibility index (Phi) is 3.42. The van der Waals surface area contributed by atoms with Gasteiger partial charge in [0.1, 0.15) is 0 Å². The van der Waals surface area contributed by atoms with Crippen LogP contribution in [0.1, 0.15) is 29.2 Å². The minimum atomic E-state index is 0.0328. The lowest BCUT2D eigenvalue weighted by molar-refractivity contribution is -0.118. The van der Waals surface area contributed by atoms with Crippen molar-refractivity contribution < 1.29 is 4.79 Å². The summed E-state index contributed by atoms with van der Waals surface area (Å²) in [5.74, 6) is 0.150. The zero-order valence-corrected chi connectivity index (χ0v) is 12.7. The van der Waals surface area contributed by atoms with Crippen LogP contribution in [0, 0.1) is 13.8 Å². The Bertz CT molecular complexity index is 693. The molecule has 1 aliphatic rings. The van der Waals surface area contributed by atoms with E-state index in [0.29, 0.717) is 6.42 Å². The van der Waals surface area contributed by atoms with E-state index in [-0.39, 0.29) is 11.9 Å². The van der Waals surface area contributed by atoms with Crippen LogP contribution in [0.25, 0.3) is 0 Å². The number of aryl methyl sites for hydroxylation is 2. The highest BCUT2D eigenvalue weighted by atomic mass is 16.2. The molecular formula is C18H20N2O. The van der Waals surface area contributed by atoms with Crippen molar-refractivity contribution in [3.05, 3.63) is 59.2 Å². The molecule has 3 nitrogen and oxygen atoms in total. The highest BCUT2D eigenvalue weighted by Gasteiger charge is 2.28. The number of amides is 1. The number of carbonyl (C=O) groups is 1. The quantitative estimate of drug-likeness (QED) is 0.907. The van der Waals surface area contributed by atoms with Crippen molar-refractivity contribution in [2.45, 2.75) is 26.3 Å². The Balaban J connectivity index is 1.98. The van der Waals surface area contributed by atoms with E-state index in [1.807, 2.05) is 25.2 Å². The summed E-state index contributed by atoms with van der Waals surface area (Å²) in [4.78, 5) is 13.9. The molecule has 1 N–H and O–H groups in total. The van der Waals surface area contributed by atoms with Crippen LogP contribution < -0.4 is 10.2 Å². The van der Waals surface area contributed by atoms with Gasteiger partial charge < -0.3 is 10.2 Å². The Morgan fingerprint density at radius 2 is 1.90 bits per heavy atom. The van der Waals surface area contributed by atoms with Crippen molar-refractivity contribution in [3.8, 4) is 0 Å². The second-order valence-electron chi connectivity index (χ2n) is 5.73. The largest absolute Gasteiger partial charge is 0.377 e. The summed E-state index contributed by atoms with van der Waals surface area (Å²) in [5.41, 5.74) is 5.70. The van der Waals surface area contributed by atoms with Crippen molar-refractivity contribution in [3.63, 3.8) is 0 Å². The highest BCUT2D eigenvalue weighted by molar-refractivity contribution is 5.97. The van der Waals surface area contributed by atoms with Gasteiger partial charge in [0.2, 0.25) is 5.91 Å². The highest BCUT2D eigenvalue weighted by Crippen LogP contribution is 2.36. The SMILES string of the molecule is Cc1ccc(C)c(NC2CC(=O)N(C)c3ccccc32)c1. The molecule has 0 spiro atoms. The summed E-state index contributed by atoms with van der Waals surface area (Å²) >= 11 is 0. The molecule has 3 rings (SSSR count). The summed E-state index contributed by atoms with van der Waals surface area (Å²) < 4.78 is 0. The standard InChI is InChI=1S/C18H20N2O/c1-12-8-9-13(2)15(10-12)19-16-11-18(21)20(3)17-7-5-4-6-14(16)17/h4-10,16,19H,11H2,1-3H3. The summed E-state index contributed by atoms with van der Waals surface area (Å²) in [6.45, 7) is 4.17. The average Bonchev–Trinajstić information content (AvgIpc) is 2.48. The number of fused-ring (bicyclic) bond motifs is 1. The summed E-state index contributed by atoms with van der Waals surface area (Å²) in [6.07, 6.45) is 0.487. The zero-order chi connectivity index (χ0) is 15.0. The molecule has 0 saturated carbocycles. The molecule has 3 heteroatoms. The molecule has 1 amide bonds. The van der Waals surface area contributed by atoms with E-state index in [2.05, 4.69) is 43.4 Å². The molecule has 2 aromatic carbocycles. The Morgan fingerprint density at radius 1 is 1.14 bits per heavy atom. The number of anilines is 2. The van der Waals surface area contributed by atoms with Crippen molar-refractivity contribution in [2.24, 2.45) is 0 Å². The first-order chi connectivity index (χ1) is 10.1. The number of benzene rings is 2. The summed E-state index contributed by atoms with van der Waals surface area (Å²) in [7, 11) is 1.84. The minimum Gasteiger partial charge on any atom is -0.377 e. The average molecular weight is 280 g/mol. The molecular weight excluding hydrogens is 260 g/mol. The predicted octanol–water partition coefficient (Wildman–Crippen LogP) is 3.82. The maximum atomic E-state index is 12.2. The van der Waals surface area contributed by atoms with Crippen molar-refractivity contribution in [1.29, 1.82) is 0 Å². The molecule has 108 valence electrons. The topological polar surface area (TPSA) is 32.3 Å². The predicted molar refractivity (Wildman–Crippen MR) is 86.7 cm³/mol. The smallest absolute Gasteiger partial charge is 0.229 e. The van der Waals surface area contributed by atoms with E-state index in [1.54, 1.807) is 4.90 Å². The number of nitrogens with one attached hydrogen (secondary N) is 1. The number of rotatable bonds is 2. The van der Waals surface area contributed by atoms with Crippen LogP contribution in [-0.2, 0) is 4.79 Å². The molecule has 1 unspecified atom stereocenters. The van der Waals surface area contributed by atoms with Gasteiger partial charge in [0.15, 0.2) is 0 Å². The van der Waals surface area contributed by atoms with Gasteiger partial charge in [-0.3, -0.25) is 4.79 Å². The molecule has 0 saturated heterocycles. The fraction of sp³-hybridized carbons (Fsp3) is 0.278. The number of hydrogen-bond acceptors (Lipinski definition) is 2.